The molecule has 0 aliphatic heterocycles. The van der Waals surface area contributed by atoms with E-state index in [9.17, 15) is 0 Å². The van der Waals surface area contributed by atoms with Gasteiger partial charge in [-0.05, 0) is 30.5 Å². The number of pyridine rings is 1. The molecule has 1 rings (SSSR count). The minimum Gasteiger partial charge on any atom is -0.385 e. The van der Waals surface area contributed by atoms with E-state index in [4.69, 9.17) is 19.9 Å². The van der Waals surface area contributed by atoms with Crippen LogP contribution in [0.5, 0.6) is 0 Å². The van der Waals surface area contributed by atoms with Crippen molar-refractivity contribution in [3.63, 3.8) is 0 Å². The van der Waals surface area contributed by atoms with E-state index in [1.807, 2.05) is 12.1 Å². The molecule has 2 unspecified atom stereocenters. The number of ether oxygens (including phenoxy) is 3. The maximum absolute atomic E-state index is 6.13. The van der Waals surface area contributed by atoms with Gasteiger partial charge in [-0.1, -0.05) is 6.92 Å². The van der Waals surface area contributed by atoms with Crippen molar-refractivity contribution in [3.05, 3.63) is 30.1 Å². The van der Waals surface area contributed by atoms with E-state index in [1.165, 1.54) is 0 Å². The Labute approximate surface area is 121 Å². The average Bonchev–Trinajstić information content (AvgIpc) is 2.50. The molecule has 0 aliphatic carbocycles. The molecule has 0 radical (unpaired) electrons. The molecule has 5 heteroatoms. The summed E-state index contributed by atoms with van der Waals surface area (Å²) in [5, 5.41) is 0. The molecule has 1 aromatic heterocycles. The van der Waals surface area contributed by atoms with Gasteiger partial charge in [0.25, 0.3) is 0 Å². The van der Waals surface area contributed by atoms with Gasteiger partial charge >= 0.3 is 0 Å². The quantitative estimate of drug-likeness (QED) is 0.628. The molecule has 0 fully saturated rings. The van der Waals surface area contributed by atoms with Gasteiger partial charge in [-0.25, -0.2) is 0 Å². The molecule has 0 bridgehead atoms. The van der Waals surface area contributed by atoms with E-state index in [0.29, 0.717) is 19.8 Å². The first-order valence-corrected chi connectivity index (χ1v) is 7.13. The Morgan fingerprint density at radius 3 is 2.55 bits per heavy atom. The van der Waals surface area contributed by atoms with Crippen molar-refractivity contribution < 1.29 is 14.2 Å². The summed E-state index contributed by atoms with van der Waals surface area (Å²) in [6.45, 7) is 4.58. The fraction of sp³-hybridized carbons (Fsp3) is 0.667. The van der Waals surface area contributed by atoms with Gasteiger partial charge in [0.1, 0.15) is 0 Å². The predicted molar refractivity (Wildman–Crippen MR) is 78.5 cm³/mol. The second-order valence-electron chi connectivity index (χ2n) is 4.60. The lowest BCUT2D eigenvalue weighted by Gasteiger charge is -2.23. The number of nitrogens with two attached hydrogens (primary N) is 1. The number of rotatable bonds is 11. The van der Waals surface area contributed by atoms with E-state index in [0.717, 1.165) is 25.0 Å². The third-order valence-electron chi connectivity index (χ3n) is 3.06. The Morgan fingerprint density at radius 1 is 1.15 bits per heavy atom. The molecule has 0 spiro atoms. The van der Waals surface area contributed by atoms with Gasteiger partial charge < -0.3 is 19.9 Å². The zero-order chi connectivity index (χ0) is 14.6. The zero-order valence-electron chi connectivity index (χ0n) is 12.5. The van der Waals surface area contributed by atoms with Crippen LogP contribution in [0.15, 0.2) is 24.5 Å². The SMILES string of the molecule is CCC(N)C(OCCOCCCOC)c1ccncc1. The minimum atomic E-state index is -0.106. The van der Waals surface area contributed by atoms with Gasteiger partial charge in [-0.15, -0.1) is 0 Å². The van der Waals surface area contributed by atoms with E-state index < -0.39 is 0 Å². The summed E-state index contributed by atoms with van der Waals surface area (Å²) in [6, 6.07) is 3.87. The molecular formula is C15H26N2O3. The van der Waals surface area contributed by atoms with Gasteiger partial charge in [0, 0.05) is 38.8 Å². The molecule has 2 N–H and O–H groups in total. The van der Waals surface area contributed by atoms with Crippen molar-refractivity contribution in [2.45, 2.75) is 31.9 Å². The lowest BCUT2D eigenvalue weighted by Crippen LogP contribution is -2.30. The van der Waals surface area contributed by atoms with Crippen molar-refractivity contribution in [1.29, 1.82) is 0 Å². The third-order valence-corrected chi connectivity index (χ3v) is 3.06. The van der Waals surface area contributed by atoms with Crippen molar-refractivity contribution >= 4 is 0 Å². The molecule has 5 nitrogen and oxygen atoms in total. The lowest BCUT2D eigenvalue weighted by atomic mass is 10.0. The lowest BCUT2D eigenvalue weighted by molar-refractivity contribution is -0.0104. The minimum absolute atomic E-state index is 0.0223. The molecule has 0 saturated heterocycles. The largest absolute Gasteiger partial charge is 0.385 e. The van der Waals surface area contributed by atoms with Crippen molar-refractivity contribution in [3.8, 4) is 0 Å². The monoisotopic (exact) mass is 282 g/mol. The van der Waals surface area contributed by atoms with Crippen LogP contribution in [0.4, 0.5) is 0 Å². The molecule has 0 saturated carbocycles. The zero-order valence-corrected chi connectivity index (χ0v) is 12.5. The first-order valence-electron chi connectivity index (χ1n) is 7.13. The van der Waals surface area contributed by atoms with Gasteiger partial charge in [0.05, 0.1) is 19.3 Å². The molecule has 0 aromatic carbocycles. The van der Waals surface area contributed by atoms with Gasteiger partial charge in [-0.2, -0.15) is 0 Å². The van der Waals surface area contributed by atoms with Crippen LogP contribution in [0.2, 0.25) is 0 Å². The molecule has 2 atom stereocenters. The number of methoxy groups -OCH3 is 1. The van der Waals surface area contributed by atoms with Crippen LogP contribution < -0.4 is 5.73 Å². The van der Waals surface area contributed by atoms with Crippen LogP contribution in [0, 0.1) is 0 Å². The normalized spacial score (nSPS) is 14.2. The van der Waals surface area contributed by atoms with E-state index >= 15 is 0 Å². The summed E-state index contributed by atoms with van der Waals surface area (Å²) in [6.07, 6.45) is 5.18. The van der Waals surface area contributed by atoms with Crippen molar-refractivity contribution in [1.82, 2.24) is 4.98 Å². The summed E-state index contributed by atoms with van der Waals surface area (Å²) < 4.78 is 16.3. The third kappa shape index (κ3) is 6.43. The summed E-state index contributed by atoms with van der Waals surface area (Å²) in [4.78, 5) is 4.02. The fourth-order valence-corrected chi connectivity index (χ4v) is 1.88. The van der Waals surface area contributed by atoms with Crippen LogP contribution in [0.25, 0.3) is 0 Å². The summed E-state index contributed by atoms with van der Waals surface area (Å²) in [5.41, 5.74) is 7.19. The molecule has 1 heterocycles. The second-order valence-corrected chi connectivity index (χ2v) is 4.60. The first-order chi connectivity index (χ1) is 9.79. The van der Waals surface area contributed by atoms with Crippen molar-refractivity contribution in [2.75, 3.05) is 33.5 Å². The number of hydrogen-bond donors (Lipinski definition) is 1. The van der Waals surface area contributed by atoms with Gasteiger partial charge in [-0.3, -0.25) is 4.98 Å². The maximum atomic E-state index is 6.13. The topological polar surface area (TPSA) is 66.6 Å². The number of aromatic nitrogens is 1. The smallest absolute Gasteiger partial charge is 0.0977 e. The number of nitrogens with zero attached hydrogens (tertiary/aromatic N) is 1. The molecule has 0 aliphatic rings. The molecule has 20 heavy (non-hydrogen) atoms. The van der Waals surface area contributed by atoms with E-state index in [1.54, 1.807) is 19.5 Å². The van der Waals surface area contributed by atoms with Crippen LogP contribution in [0.3, 0.4) is 0 Å². The van der Waals surface area contributed by atoms with Crippen LogP contribution in [-0.4, -0.2) is 44.6 Å². The van der Waals surface area contributed by atoms with E-state index in [2.05, 4.69) is 11.9 Å². The highest BCUT2D eigenvalue weighted by Crippen LogP contribution is 2.21. The second kappa shape index (κ2) is 10.7. The van der Waals surface area contributed by atoms with Gasteiger partial charge in [0.15, 0.2) is 0 Å². The Balaban J connectivity index is 2.32. The Bertz CT molecular complexity index is 335. The van der Waals surface area contributed by atoms with Crippen LogP contribution in [-0.2, 0) is 14.2 Å². The first kappa shape index (κ1) is 17.0. The highest BCUT2D eigenvalue weighted by Gasteiger charge is 2.18. The average molecular weight is 282 g/mol. The summed E-state index contributed by atoms with van der Waals surface area (Å²) >= 11 is 0. The Kier molecular flexibility index (Phi) is 9.15. The maximum Gasteiger partial charge on any atom is 0.0977 e. The molecule has 0 amide bonds. The Morgan fingerprint density at radius 2 is 1.90 bits per heavy atom. The van der Waals surface area contributed by atoms with E-state index in [-0.39, 0.29) is 12.1 Å². The van der Waals surface area contributed by atoms with Crippen LogP contribution >= 0.6 is 0 Å². The van der Waals surface area contributed by atoms with Gasteiger partial charge in [0.2, 0.25) is 0 Å². The number of hydrogen-bond acceptors (Lipinski definition) is 5. The summed E-state index contributed by atoms with van der Waals surface area (Å²) in [5.74, 6) is 0. The standard InChI is InChI=1S/C15H26N2O3/c1-3-14(16)15(13-5-7-17-8-6-13)20-12-11-19-10-4-9-18-2/h5-8,14-15H,3-4,9-12,16H2,1-2H3. The molecular weight excluding hydrogens is 256 g/mol. The molecule has 114 valence electrons. The molecule has 1 aromatic rings. The summed E-state index contributed by atoms with van der Waals surface area (Å²) in [7, 11) is 1.69. The fourth-order valence-electron chi connectivity index (χ4n) is 1.88. The highest BCUT2D eigenvalue weighted by atomic mass is 16.5. The Hall–Kier alpha value is -1.01. The van der Waals surface area contributed by atoms with Crippen LogP contribution in [0.1, 0.15) is 31.4 Å². The predicted octanol–water partition coefficient (Wildman–Crippen LogP) is 1.93. The highest BCUT2D eigenvalue weighted by molar-refractivity contribution is 5.15. The van der Waals surface area contributed by atoms with Crippen molar-refractivity contribution in [2.24, 2.45) is 5.73 Å².